The van der Waals surface area contributed by atoms with Crippen molar-refractivity contribution in [3.8, 4) is 0 Å². The van der Waals surface area contributed by atoms with Gasteiger partial charge in [0.05, 0.1) is 12.8 Å². The lowest BCUT2D eigenvalue weighted by Crippen LogP contribution is -2.23. The molecule has 1 unspecified atom stereocenters. The molecule has 2 heterocycles. The van der Waals surface area contributed by atoms with E-state index in [9.17, 15) is 9.50 Å². The average Bonchev–Trinajstić information content (AvgIpc) is 2.78. The van der Waals surface area contributed by atoms with Crippen LogP contribution in [0.1, 0.15) is 25.8 Å². The van der Waals surface area contributed by atoms with Crippen LogP contribution >= 0.6 is 0 Å². The van der Waals surface area contributed by atoms with Gasteiger partial charge in [-0.05, 0) is 24.3 Å². The predicted octanol–water partition coefficient (Wildman–Crippen LogP) is 2.20. The first kappa shape index (κ1) is 12.3. The maximum absolute atomic E-state index is 13.0. The third kappa shape index (κ3) is 2.57. The Balaban J connectivity index is 2.18. The van der Waals surface area contributed by atoms with Crippen molar-refractivity contribution in [2.24, 2.45) is 11.8 Å². The number of hydrogen-bond donors (Lipinski definition) is 1. The molecule has 0 aromatic carbocycles. The van der Waals surface area contributed by atoms with E-state index in [-0.39, 0.29) is 6.61 Å². The summed E-state index contributed by atoms with van der Waals surface area (Å²) in [6, 6.07) is 1.37. The lowest BCUT2D eigenvalue weighted by Gasteiger charge is -2.21. The summed E-state index contributed by atoms with van der Waals surface area (Å²) in [5, 5.41) is 9.24. The van der Waals surface area contributed by atoms with E-state index in [1.807, 2.05) is 0 Å². The van der Waals surface area contributed by atoms with E-state index in [4.69, 9.17) is 0 Å². The fraction of sp³-hybridized carbons (Fsp3) is 0.615. The van der Waals surface area contributed by atoms with Crippen LogP contribution in [0.3, 0.4) is 0 Å². The van der Waals surface area contributed by atoms with Crippen molar-refractivity contribution >= 4 is 5.82 Å². The van der Waals surface area contributed by atoms with Gasteiger partial charge in [-0.3, -0.25) is 0 Å². The van der Waals surface area contributed by atoms with Crippen LogP contribution in [0.5, 0.6) is 0 Å². The van der Waals surface area contributed by atoms with Gasteiger partial charge in [0.1, 0.15) is 11.6 Å². The van der Waals surface area contributed by atoms with Crippen LogP contribution < -0.4 is 4.90 Å². The van der Waals surface area contributed by atoms with Crippen LogP contribution in [0.15, 0.2) is 12.3 Å². The van der Waals surface area contributed by atoms with E-state index in [0.717, 1.165) is 25.3 Å². The SMILES string of the molecule is CC(C)C1CCN(c2ncc(F)cc2CO)C1. The summed E-state index contributed by atoms with van der Waals surface area (Å²) in [6.45, 7) is 6.17. The number of rotatable bonds is 3. The van der Waals surface area contributed by atoms with Crippen molar-refractivity contribution in [2.45, 2.75) is 26.9 Å². The largest absolute Gasteiger partial charge is 0.392 e. The van der Waals surface area contributed by atoms with Crippen LogP contribution in [0.25, 0.3) is 0 Å². The molecule has 3 nitrogen and oxygen atoms in total. The molecule has 1 fully saturated rings. The van der Waals surface area contributed by atoms with Gasteiger partial charge in [0, 0.05) is 18.7 Å². The summed E-state index contributed by atoms with van der Waals surface area (Å²) in [6.07, 6.45) is 2.36. The number of aliphatic hydroxyl groups excluding tert-OH is 1. The molecule has 1 atom stereocenters. The number of pyridine rings is 1. The normalized spacial score (nSPS) is 20.3. The molecular weight excluding hydrogens is 219 g/mol. The molecule has 0 bridgehead atoms. The van der Waals surface area contributed by atoms with Crippen molar-refractivity contribution in [1.82, 2.24) is 4.98 Å². The molecule has 0 spiro atoms. The highest BCUT2D eigenvalue weighted by atomic mass is 19.1. The van der Waals surface area contributed by atoms with Crippen molar-refractivity contribution in [1.29, 1.82) is 0 Å². The van der Waals surface area contributed by atoms with E-state index >= 15 is 0 Å². The van der Waals surface area contributed by atoms with Gasteiger partial charge in [0.15, 0.2) is 0 Å². The molecule has 17 heavy (non-hydrogen) atoms. The number of nitrogens with zero attached hydrogens (tertiary/aromatic N) is 2. The van der Waals surface area contributed by atoms with Crippen LogP contribution in [-0.4, -0.2) is 23.2 Å². The van der Waals surface area contributed by atoms with E-state index in [0.29, 0.717) is 17.4 Å². The molecule has 1 aromatic heterocycles. The minimum atomic E-state index is -0.391. The standard InChI is InChI=1S/C13H19FN2O/c1-9(2)10-3-4-16(7-10)13-11(8-17)5-12(14)6-15-13/h5-6,9-10,17H,3-4,7-8H2,1-2H3. The van der Waals surface area contributed by atoms with Gasteiger partial charge < -0.3 is 10.0 Å². The molecular formula is C13H19FN2O. The second-order valence-corrected chi connectivity index (χ2v) is 5.03. The van der Waals surface area contributed by atoms with Crippen LogP contribution in [-0.2, 0) is 6.61 Å². The number of aromatic nitrogens is 1. The monoisotopic (exact) mass is 238 g/mol. The highest BCUT2D eigenvalue weighted by Gasteiger charge is 2.26. The predicted molar refractivity (Wildman–Crippen MR) is 65.3 cm³/mol. The minimum Gasteiger partial charge on any atom is -0.392 e. The first-order chi connectivity index (χ1) is 8.11. The quantitative estimate of drug-likeness (QED) is 0.877. The Morgan fingerprint density at radius 1 is 1.59 bits per heavy atom. The van der Waals surface area contributed by atoms with Gasteiger partial charge in [-0.2, -0.15) is 0 Å². The number of halogens is 1. The average molecular weight is 238 g/mol. The smallest absolute Gasteiger partial charge is 0.142 e. The van der Waals surface area contributed by atoms with Gasteiger partial charge in [-0.1, -0.05) is 13.8 Å². The fourth-order valence-corrected chi connectivity index (χ4v) is 2.40. The highest BCUT2D eigenvalue weighted by molar-refractivity contribution is 5.47. The number of hydrogen-bond acceptors (Lipinski definition) is 3. The molecule has 0 radical (unpaired) electrons. The minimum absolute atomic E-state index is 0.164. The lowest BCUT2D eigenvalue weighted by molar-refractivity contribution is 0.281. The maximum Gasteiger partial charge on any atom is 0.142 e. The number of anilines is 1. The Morgan fingerprint density at radius 2 is 2.35 bits per heavy atom. The fourth-order valence-electron chi connectivity index (χ4n) is 2.40. The molecule has 94 valence electrons. The molecule has 1 saturated heterocycles. The topological polar surface area (TPSA) is 36.4 Å². The molecule has 0 amide bonds. The molecule has 4 heteroatoms. The maximum atomic E-state index is 13.0. The van der Waals surface area contributed by atoms with Gasteiger partial charge in [-0.25, -0.2) is 9.37 Å². The second kappa shape index (κ2) is 5.00. The van der Waals surface area contributed by atoms with Gasteiger partial charge in [0.25, 0.3) is 0 Å². The van der Waals surface area contributed by atoms with Crippen LogP contribution in [0.2, 0.25) is 0 Å². The van der Waals surface area contributed by atoms with E-state index in [1.54, 1.807) is 0 Å². The molecule has 1 aliphatic heterocycles. The van der Waals surface area contributed by atoms with E-state index in [2.05, 4.69) is 23.7 Å². The molecule has 1 N–H and O–H groups in total. The third-order valence-electron chi connectivity index (χ3n) is 3.55. The summed E-state index contributed by atoms with van der Waals surface area (Å²) < 4.78 is 13.0. The first-order valence-electron chi connectivity index (χ1n) is 6.12. The molecule has 0 saturated carbocycles. The van der Waals surface area contributed by atoms with Crippen LogP contribution in [0.4, 0.5) is 10.2 Å². The molecule has 1 aliphatic rings. The Hall–Kier alpha value is -1.16. The van der Waals surface area contributed by atoms with Crippen molar-refractivity contribution in [2.75, 3.05) is 18.0 Å². The Morgan fingerprint density at radius 3 is 2.94 bits per heavy atom. The highest BCUT2D eigenvalue weighted by Crippen LogP contribution is 2.29. The lowest BCUT2D eigenvalue weighted by atomic mass is 9.95. The summed E-state index contributed by atoms with van der Waals surface area (Å²) in [4.78, 5) is 6.26. The summed E-state index contributed by atoms with van der Waals surface area (Å²) >= 11 is 0. The zero-order chi connectivity index (χ0) is 12.4. The van der Waals surface area contributed by atoms with Gasteiger partial charge in [0.2, 0.25) is 0 Å². The van der Waals surface area contributed by atoms with E-state index < -0.39 is 5.82 Å². The van der Waals surface area contributed by atoms with Gasteiger partial charge >= 0.3 is 0 Å². The summed E-state index contributed by atoms with van der Waals surface area (Å²) in [7, 11) is 0. The van der Waals surface area contributed by atoms with E-state index in [1.165, 1.54) is 12.3 Å². The molecule has 1 aromatic rings. The third-order valence-corrected chi connectivity index (χ3v) is 3.55. The zero-order valence-corrected chi connectivity index (χ0v) is 10.4. The van der Waals surface area contributed by atoms with Gasteiger partial charge in [-0.15, -0.1) is 0 Å². The summed E-state index contributed by atoms with van der Waals surface area (Å²) in [5.41, 5.74) is 0.578. The number of aliphatic hydroxyl groups is 1. The first-order valence-corrected chi connectivity index (χ1v) is 6.12. The summed E-state index contributed by atoms with van der Waals surface area (Å²) in [5.74, 6) is 1.65. The van der Waals surface area contributed by atoms with Crippen molar-refractivity contribution in [3.05, 3.63) is 23.6 Å². The van der Waals surface area contributed by atoms with Crippen molar-refractivity contribution < 1.29 is 9.50 Å². The van der Waals surface area contributed by atoms with Crippen LogP contribution in [0, 0.1) is 17.7 Å². The second-order valence-electron chi connectivity index (χ2n) is 5.03. The zero-order valence-electron chi connectivity index (χ0n) is 10.4. The Labute approximate surface area is 101 Å². The molecule has 0 aliphatic carbocycles. The Kier molecular flexibility index (Phi) is 3.62. The molecule has 2 rings (SSSR count). The van der Waals surface area contributed by atoms with Crippen molar-refractivity contribution in [3.63, 3.8) is 0 Å². The Bertz CT molecular complexity index is 395.